The van der Waals surface area contributed by atoms with Gasteiger partial charge in [-0.2, -0.15) is 0 Å². The van der Waals surface area contributed by atoms with Gasteiger partial charge >= 0.3 is 17.9 Å². The summed E-state index contributed by atoms with van der Waals surface area (Å²) in [5.41, 5.74) is 0. The molecule has 0 saturated heterocycles. The van der Waals surface area contributed by atoms with E-state index in [9.17, 15) is 14.4 Å². The second kappa shape index (κ2) is 56.2. The Morgan fingerprint density at radius 1 is 0.299 bits per heavy atom. The molecule has 0 amide bonds. The number of hydrogen-bond acceptors (Lipinski definition) is 6. The van der Waals surface area contributed by atoms with Crippen LogP contribution in [0.25, 0.3) is 0 Å². The Kier molecular flexibility index (Phi) is 54.2. The van der Waals surface area contributed by atoms with E-state index in [1.165, 1.54) is 205 Å². The highest BCUT2D eigenvalue weighted by atomic mass is 16.6. The summed E-state index contributed by atoms with van der Waals surface area (Å²) in [4.78, 5) is 38.1. The van der Waals surface area contributed by atoms with Gasteiger partial charge < -0.3 is 14.2 Å². The Bertz CT molecular complexity index is 1130. The van der Waals surface area contributed by atoms with Crippen LogP contribution in [0, 0.1) is 0 Å². The molecule has 0 heterocycles. The van der Waals surface area contributed by atoms with Crippen LogP contribution in [0.5, 0.6) is 0 Å². The number of carbonyl (C=O) groups is 3. The highest BCUT2D eigenvalue weighted by Gasteiger charge is 2.19. The minimum absolute atomic E-state index is 0.0682. The van der Waals surface area contributed by atoms with E-state index in [4.69, 9.17) is 14.2 Å². The van der Waals surface area contributed by atoms with Gasteiger partial charge in [0.05, 0.1) is 0 Å². The molecule has 67 heavy (non-hydrogen) atoms. The third-order valence-corrected chi connectivity index (χ3v) is 13.1. The molecule has 0 aromatic carbocycles. The molecule has 1 atom stereocenters. The van der Waals surface area contributed by atoms with Crippen LogP contribution < -0.4 is 0 Å². The molecule has 0 N–H and O–H groups in total. The SMILES string of the molecule is CCCCCCC/C=C\C/C=C\C/C=C\CCCCCCCCCCCCC(=O)OCC(COC(=O)CCCCCCCCCCCCCC)OC(=O)CCCCCCCCCCCCCC. The van der Waals surface area contributed by atoms with Gasteiger partial charge in [0.15, 0.2) is 6.10 Å². The van der Waals surface area contributed by atoms with Crippen molar-refractivity contribution in [3.05, 3.63) is 36.5 Å². The topological polar surface area (TPSA) is 78.9 Å². The molecule has 0 aliphatic heterocycles. The molecule has 0 aromatic rings. The first kappa shape index (κ1) is 64.6. The van der Waals surface area contributed by atoms with Crippen molar-refractivity contribution in [3.63, 3.8) is 0 Å². The second-order valence-corrected chi connectivity index (χ2v) is 19.9. The Morgan fingerprint density at radius 2 is 0.537 bits per heavy atom. The van der Waals surface area contributed by atoms with Crippen LogP contribution in [0.15, 0.2) is 36.5 Å². The van der Waals surface area contributed by atoms with Crippen molar-refractivity contribution in [3.8, 4) is 0 Å². The van der Waals surface area contributed by atoms with E-state index >= 15 is 0 Å². The fourth-order valence-electron chi connectivity index (χ4n) is 8.69. The average molecular weight is 942 g/mol. The van der Waals surface area contributed by atoms with Gasteiger partial charge in [0.1, 0.15) is 13.2 Å². The zero-order chi connectivity index (χ0) is 48.6. The Morgan fingerprint density at radius 3 is 0.836 bits per heavy atom. The van der Waals surface area contributed by atoms with Gasteiger partial charge in [-0.15, -0.1) is 0 Å². The summed E-state index contributed by atoms with van der Waals surface area (Å²) in [7, 11) is 0. The lowest BCUT2D eigenvalue weighted by Gasteiger charge is -2.18. The predicted octanol–water partition coefficient (Wildman–Crippen LogP) is 19.7. The van der Waals surface area contributed by atoms with Crippen LogP contribution in [0.1, 0.15) is 316 Å². The summed E-state index contributed by atoms with van der Waals surface area (Å²) in [5.74, 6) is -0.855. The summed E-state index contributed by atoms with van der Waals surface area (Å²) >= 11 is 0. The number of unbranched alkanes of at least 4 members (excludes halogenated alkanes) is 37. The first-order valence-corrected chi connectivity index (χ1v) is 29.5. The number of carbonyl (C=O) groups excluding carboxylic acids is 3. The molecule has 6 heteroatoms. The molecular weight excluding hydrogens is 829 g/mol. The molecule has 0 fully saturated rings. The van der Waals surface area contributed by atoms with Crippen molar-refractivity contribution >= 4 is 17.9 Å². The number of ether oxygens (including phenoxy) is 3. The lowest BCUT2D eigenvalue weighted by atomic mass is 10.0. The van der Waals surface area contributed by atoms with Crippen LogP contribution in [0.3, 0.4) is 0 Å². The number of rotatable bonds is 54. The van der Waals surface area contributed by atoms with Crippen LogP contribution in [-0.4, -0.2) is 37.2 Å². The number of esters is 3. The molecule has 392 valence electrons. The molecule has 0 aliphatic carbocycles. The lowest BCUT2D eigenvalue weighted by Crippen LogP contribution is -2.30. The van der Waals surface area contributed by atoms with E-state index in [1.807, 2.05) is 0 Å². The summed E-state index contributed by atoms with van der Waals surface area (Å²) in [6.45, 7) is 6.65. The molecule has 0 radical (unpaired) electrons. The summed E-state index contributed by atoms with van der Waals surface area (Å²) in [6, 6.07) is 0. The fraction of sp³-hybridized carbons (Fsp3) is 0.852. The van der Waals surface area contributed by atoms with Crippen molar-refractivity contribution in [1.29, 1.82) is 0 Å². The van der Waals surface area contributed by atoms with E-state index < -0.39 is 6.10 Å². The minimum atomic E-state index is -0.768. The maximum Gasteiger partial charge on any atom is 0.306 e. The van der Waals surface area contributed by atoms with E-state index in [2.05, 4.69) is 57.2 Å². The third kappa shape index (κ3) is 54.4. The van der Waals surface area contributed by atoms with Crippen molar-refractivity contribution in [2.75, 3.05) is 13.2 Å². The summed E-state index contributed by atoms with van der Waals surface area (Å²) in [5, 5.41) is 0. The first-order valence-electron chi connectivity index (χ1n) is 29.5. The zero-order valence-corrected chi connectivity index (χ0v) is 44.9. The molecule has 0 spiro atoms. The molecule has 0 aromatic heterocycles. The summed E-state index contributed by atoms with van der Waals surface area (Å²) in [6.07, 6.45) is 67.1. The van der Waals surface area contributed by atoms with Crippen LogP contribution in [0.2, 0.25) is 0 Å². The van der Waals surface area contributed by atoms with Gasteiger partial charge in [0.2, 0.25) is 0 Å². The van der Waals surface area contributed by atoms with Crippen LogP contribution in [-0.2, 0) is 28.6 Å². The van der Waals surface area contributed by atoms with Gasteiger partial charge in [-0.3, -0.25) is 14.4 Å². The fourth-order valence-corrected chi connectivity index (χ4v) is 8.69. The van der Waals surface area contributed by atoms with Crippen molar-refractivity contribution < 1.29 is 28.6 Å². The van der Waals surface area contributed by atoms with Crippen molar-refractivity contribution in [1.82, 2.24) is 0 Å². The smallest absolute Gasteiger partial charge is 0.306 e. The highest BCUT2D eigenvalue weighted by molar-refractivity contribution is 5.71. The van der Waals surface area contributed by atoms with E-state index in [0.717, 1.165) is 70.6 Å². The quantitative estimate of drug-likeness (QED) is 0.0262. The van der Waals surface area contributed by atoms with E-state index in [1.54, 1.807) is 0 Å². The van der Waals surface area contributed by atoms with Gasteiger partial charge in [-0.25, -0.2) is 0 Å². The van der Waals surface area contributed by atoms with Gasteiger partial charge in [0.25, 0.3) is 0 Å². The van der Waals surface area contributed by atoms with Gasteiger partial charge in [-0.1, -0.05) is 276 Å². The second-order valence-electron chi connectivity index (χ2n) is 19.9. The Labute approximate surface area is 416 Å². The van der Waals surface area contributed by atoms with Crippen LogP contribution >= 0.6 is 0 Å². The molecule has 0 aliphatic rings. The molecule has 6 nitrogen and oxygen atoms in total. The van der Waals surface area contributed by atoms with Crippen LogP contribution in [0.4, 0.5) is 0 Å². The number of hydrogen-bond donors (Lipinski definition) is 0. The predicted molar refractivity (Wildman–Crippen MR) is 289 cm³/mol. The highest BCUT2D eigenvalue weighted by Crippen LogP contribution is 2.16. The minimum Gasteiger partial charge on any atom is -0.462 e. The van der Waals surface area contributed by atoms with Crippen molar-refractivity contribution in [2.24, 2.45) is 0 Å². The standard InChI is InChI=1S/C61H112O6/c1-4-7-10-13-16-19-22-25-26-27-28-29-30-31-32-33-34-35-36-37-40-42-45-48-51-54-60(63)66-57-58(67-61(64)55-52-49-46-43-39-24-21-18-15-12-9-6-3)56-65-59(62)53-50-47-44-41-38-23-20-17-14-11-8-5-2/h22,25,27-28,30-31,58H,4-21,23-24,26,29,32-57H2,1-3H3/b25-22-,28-27-,31-30-. The normalized spacial score (nSPS) is 12.2. The first-order chi connectivity index (χ1) is 33.0. The van der Waals surface area contributed by atoms with E-state index in [0.29, 0.717) is 19.3 Å². The van der Waals surface area contributed by atoms with E-state index in [-0.39, 0.29) is 31.1 Å². The molecule has 0 rings (SSSR count). The monoisotopic (exact) mass is 941 g/mol. The Balaban J connectivity index is 4.21. The lowest BCUT2D eigenvalue weighted by molar-refractivity contribution is -0.167. The largest absolute Gasteiger partial charge is 0.462 e. The van der Waals surface area contributed by atoms with Crippen molar-refractivity contribution in [2.45, 2.75) is 322 Å². The third-order valence-electron chi connectivity index (χ3n) is 13.1. The molecular formula is C61H112O6. The molecule has 0 saturated carbocycles. The van der Waals surface area contributed by atoms with Gasteiger partial charge in [-0.05, 0) is 57.8 Å². The van der Waals surface area contributed by atoms with Gasteiger partial charge in [0, 0.05) is 19.3 Å². The maximum absolute atomic E-state index is 12.8. The average Bonchev–Trinajstić information content (AvgIpc) is 3.33. The maximum atomic E-state index is 12.8. The number of allylic oxidation sites excluding steroid dienone is 6. The Hall–Kier alpha value is -2.37. The summed E-state index contributed by atoms with van der Waals surface area (Å²) < 4.78 is 16.9. The molecule has 1 unspecified atom stereocenters. The molecule has 0 bridgehead atoms. The zero-order valence-electron chi connectivity index (χ0n) is 44.9.